The van der Waals surface area contributed by atoms with Gasteiger partial charge in [-0.25, -0.2) is 4.39 Å². The Morgan fingerprint density at radius 3 is 2.59 bits per heavy atom. The minimum absolute atomic E-state index is 0.124. The van der Waals surface area contributed by atoms with Gasteiger partial charge in [0.1, 0.15) is 10.8 Å². The molecule has 0 saturated heterocycles. The fraction of sp³-hybridized carbons (Fsp3) is 0.111. The average molecular weight is 405 g/mol. The molecular weight excluding hydrogens is 391 g/mol. The molecule has 0 aliphatic rings. The molecule has 0 saturated carbocycles. The van der Waals surface area contributed by atoms with Gasteiger partial charge in [-0.2, -0.15) is 0 Å². The second-order valence-corrected chi connectivity index (χ2v) is 6.96. The van der Waals surface area contributed by atoms with Crippen molar-refractivity contribution in [2.45, 2.75) is 12.8 Å². The van der Waals surface area contributed by atoms with Crippen LogP contribution in [-0.4, -0.2) is 22.0 Å². The van der Waals surface area contributed by atoms with Crippen LogP contribution in [0.2, 0.25) is 5.02 Å². The van der Waals surface area contributed by atoms with Gasteiger partial charge in [0.15, 0.2) is 0 Å². The molecule has 3 rings (SSSR count). The zero-order valence-corrected chi connectivity index (χ0v) is 15.5. The van der Waals surface area contributed by atoms with Gasteiger partial charge in [-0.15, -0.1) is 10.2 Å². The molecule has 0 atom stereocenters. The minimum atomic E-state index is -0.479. The lowest BCUT2D eigenvalue weighted by atomic mass is 10.2. The molecular formula is C18H14ClFN4O2S. The molecule has 0 radical (unpaired) electrons. The highest BCUT2D eigenvalue weighted by atomic mass is 35.5. The SMILES string of the molecule is O=C(CCc1nnc(C(=O)Nc2ccccc2)s1)Nc1ccc(F)cc1Cl. The van der Waals surface area contributed by atoms with Gasteiger partial charge in [0.05, 0.1) is 10.7 Å². The summed E-state index contributed by atoms with van der Waals surface area (Å²) < 4.78 is 13.0. The number of hydrogen-bond donors (Lipinski definition) is 2. The van der Waals surface area contributed by atoms with Gasteiger partial charge in [0.2, 0.25) is 10.9 Å². The lowest BCUT2D eigenvalue weighted by Crippen LogP contribution is -2.12. The highest BCUT2D eigenvalue weighted by Gasteiger charge is 2.14. The van der Waals surface area contributed by atoms with Crippen molar-refractivity contribution in [1.29, 1.82) is 0 Å². The van der Waals surface area contributed by atoms with Crippen molar-refractivity contribution in [3.8, 4) is 0 Å². The molecule has 0 bridgehead atoms. The molecule has 9 heteroatoms. The third kappa shape index (κ3) is 5.32. The molecule has 0 unspecified atom stereocenters. The van der Waals surface area contributed by atoms with Gasteiger partial charge in [-0.3, -0.25) is 9.59 Å². The molecule has 27 heavy (non-hydrogen) atoms. The van der Waals surface area contributed by atoms with E-state index in [9.17, 15) is 14.0 Å². The monoisotopic (exact) mass is 404 g/mol. The Hall–Kier alpha value is -2.84. The van der Waals surface area contributed by atoms with Crippen LogP contribution in [0.3, 0.4) is 0 Å². The topological polar surface area (TPSA) is 84.0 Å². The van der Waals surface area contributed by atoms with Crippen molar-refractivity contribution < 1.29 is 14.0 Å². The lowest BCUT2D eigenvalue weighted by Gasteiger charge is -2.06. The second kappa shape index (κ2) is 8.70. The maximum Gasteiger partial charge on any atom is 0.286 e. The number of para-hydroxylation sites is 1. The summed E-state index contributed by atoms with van der Waals surface area (Å²) >= 11 is 7.00. The van der Waals surface area contributed by atoms with Crippen LogP contribution in [-0.2, 0) is 11.2 Å². The molecule has 2 N–H and O–H groups in total. The van der Waals surface area contributed by atoms with Crippen LogP contribution >= 0.6 is 22.9 Å². The molecule has 1 heterocycles. The predicted octanol–water partition coefficient (Wildman–Crippen LogP) is 4.15. The first kappa shape index (κ1) is 18.9. The smallest absolute Gasteiger partial charge is 0.286 e. The molecule has 2 aromatic carbocycles. The summed E-state index contributed by atoms with van der Waals surface area (Å²) in [5.74, 6) is -1.13. The molecule has 2 amide bonds. The van der Waals surface area contributed by atoms with E-state index in [1.807, 2.05) is 18.2 Å². The van der Waals surface area contributed by atoms with E-state index >= 15 is 0 Å². The van der Waals surface area contributed by atoms with E-state index in [1.54, 1.807) is 12.1 Å². The molecule has 0 aliphatic heterocycles. The van der Waals surface area contributed by atoms with Crippen LogP contribution in [0, 0.1) is 5.82 Å². The number of carbonyl (C=O) groups excluding carboxylic acids is 2. The summed E-state index contributed by atoms with van der Waals surface area (Å²) in [7, 11) is 0. The lowest BCUT2D eigenvalue weighted by molar-refractivity contribution is -0.116. The van der Waals surface area contributed by atoms with Gasteiger partial charge in [0, 0.05) is 18.5 Å². The van der Waals surface area contributed by atoms with Crippen LogP contribution in [0.25, 0.3) is 0 Å². The first-order chi connectivity index (χ1) is 13.0. The normalized spacial score (nSPS) is 10.4. The first-order valence-electron chi connectivity index (χ1n) is 7.95. The first-order valence-corrected chi connectivity index (χ1v) is 9.14. The van der Waals surface area contributed by atoms with E-state index in [1.165, 1.54) is 12.1 Å². The van der Waals surface area contributed by atoms with Gasteiger partial charge in [-0.1, -0.05) is 41.1 Å². The van der Waals surface area contributed by atoms with Crippen molar-refractivity contribution in [2.24, 2.45) is 0 Å². The standard InChI is InChI=1S/C18H14ClFN4O2S/c19-13-10-11(20)6-7-14(13)22-15(25)8-9-16-23-24-18(27-16)17(26)21-12-4-2-1-3-5-12/h1-7,10H,8-9H2,(H,21,26)(H,22,25). The zero-order valence-electron chi connectivity index (χ0n) is 13.9. The minimum Gasteiger partial charge on any atom is -0.325 e. The molecule has 1 aromatic heterocycles. The summed E-state index contributed by atoms with van der Waals surface area (Å²) in [5, 5.41) is 14.0. The van der Waals surface area contributed by atoms with E-state index in [2.05, 4.69) is 20.8 Å². The molecule has 0 spiro atoms. The molecule has 138 valence electrons. The number of benzene rings is 2. The zero-order chi connectivity index (χ0) is 19.2. The summed E-state index contributed by atoms with van der Waals surface area (Å²) in [6.45, 7) is 0. The Kier molecular flexibility index (Phi) is 6.10. The Morgan fingerprint density at radius 2 is 1.85 bits per heavy atom. The summed E-state index contributed by atoms with van der Waals surface area (Å²) in [6, 6.07) is 12.7. The highest BCUT2D eigenvalue weighted by molar-refractivity contribution is 7.13. The quantitative estimate of drug-likeness (QED) is 0.646. The van der Waals surface area contributed by atoms with Gasteiger partial charge in [0.25, 0.3) is 5.91 Å². The van der Waals surface area contributed by atoms with Crippen LogP contribution < -0.4 is 10.6 Å². The third-order valence-electron chi connectivity index (χ3n) is 3.46. The highest BCUT2D eigenvalue weighted by Crippen LogP contribution is 2.23. The Bertz CT molecular complexity index is 965. The van der Waals surface area contributed by atoms with E-state index in [4.69, 9.17) is 11.6 Å². The van der Waals surface area contributed by atoms with Crippen molar-refractivity contribution in [2.75, 3.05) is 10.6 Å². The van der Waals surface area contributed by atoms with E-state index in [0.29, 0.717) is 22.8 Å². The Morgan fingerprint density at radius 1 is 1.07 bits per heavy atom. The van der Waals surface area contributed by atoms with Crippen molar-refractivity contribution in [3.63, 3.8) is 0 Å². The maximum atomic E-state index is 13.0. The Balaban J connectivity index is 1.53. The predicted molar refractivity (Wildman–Crippen MR) is 103 cm³/mol. The van der Waals surface area contributed by atoms with Gasteiger partial charge in [-0.05, 0) is 30.3 Å². The van der Waals surface area contributed by atoms with Gasteiger partial charge >= 0.3 is 0 Å². The summed E-state index contributed by atoms with van der Waals surface area (Å²) in [6.07, 6.45) is 0.448. The fourth-order valence-corrected chi connectivity index (χ4v) is 3.13. The number of amides is 2. The van der Waals surface area contributed by atoms with Crippen LogP contribution in [0.15, 0.2) is 48.5 Å². The van der Waals surface area contributed by atoms with Crippen molar-refractivity contribution >= 4 is 46.1 Å². The van der Waals surface area contributed by atoms with Crippen LogP contribution in [0.4, 0.5) is 15.8 Å². The average Bonchev–Trinajstić information content (AvgIpc) is 3.12. The number of anilines is 2. The summed E-state index contributed by atoms with van der Waals surface area (Å²) in [4.78, 5) is 24.2. The fourth-order valence-electron chi connectivity index (χ4n) is 2.18. The van der Waals surface area contributed by atoms with Crippen LogP contribution in [0.1, 0.15) is 21.2 Å². The number of hydrogen-bond acceptors (Lipinski definition) is 5. The second-order valence-electron chi connectivity index (χ2n) is 5.49. The van der Waals surface area contributed by atoms with E-state index in [0.717, 1.165) is 17.4 Å². The number of nitrogens with zero attached hydrogens (tertiary/aromatic N) is 2. The number of aromatic nitrogens is 2. The number of rotatable bonds is 6. The van der Waals surface area contributed by atoms with Crippen molar-refractivity contribution in [3.05, 3.63) is 69.4 Å². The number of aryl methyl sites for hydroxylation is 1. The Labute approximate surface area is 163 Å². The molecule has 0 aliphatic carbocycles. The number of nitrogens with one attached hydrogen (secondary N) is 2. The third-order valence-corrected chi connectivity index (χ3v) is 4.76. The molecule has 6 nitrogen and oxygen atoms in total. The van der Waals surface area contributed by atoms with E-state index < -0.39 is 5.82 Å². The van der Waals surface area contributed by atoms with Gasteiger partial charge < -0.3 is 10.6 Å². The van der Waals surface area contributed by atoms with Crippen LogP contribution in [0.5, 0.6) is 0 Å². The van der Waals surface area contributed by atoms with E-state index in [-0.39, 0.29) is 28.3 Å². The number of halogens is 2. The maximum absolute atomic E-state index is 13.0. The number of carbonyl (C=O) groups is 2. The summed E-state index contributed by atoms with van der Waals surface area (Å²) in [5.41, 5.74) is 0.998. The molecule has 0 fully saturated rings. The van der Waals surface area contributed by atoms with Crippen molar-refractivity contribution in [1.82, 2.24) is 10.2 Å². The largest absolute Gasteiger partial charge is 0.325 e. The molecule has 3 aromatic rings.